The maximum Gasteiger partial charge on any atom is 0.269 e. The summed E-state index contributed by atoms with van der Waals surface area (Å²) < 4.78 is 16.7. The number of rotatable bonds is 7. The summed E-state index contributed by atoms with van der Waals surface area (Å²) in [7, 11) is 3.12. The van der Waals surface area contributed by atoms with Gasteiger partial charge in [0.25, 0.3) is 11.6 Å². The predicted molar refractivity (Wildman–Crippen MR) is 127 cm³/mol. The quantitative estimate of drug-likeness (QED) is 0.380. The Morgan fingerprint density at radius 3 is 2.44 bits per heavy atom. The van der Waals surface area contributed by atoms with Crippen LogP contribution < -0.4 is 14.2 Å². The molecule has 3 aromatic carbocycles. The topological polar surface area (TPSA) is 91.1 Å². The summed E-state index contributed by atoms with van der Waals surface area (Å²) in [6, 6.07) is 17.1. The van der Waals surface area contributed by atoms with Crippen molar-refractivity contribution < 1.29 is 23.9 Å². The normalized spacial score (nSPS) is 14.8. The molecule has 0 aliphatic carbocycles. The molecule has 1 aliphatic rings. The van der Waals surface area contributed by atoms with E-state index in [9.17, 15) is 14.9 Å². The van der Waals surface area contributed by atoms with Crippen LogP contribution in [-0.4, -0.2) is 43.1 Å². The minimum absolute atomic E-state index is 0.0339. The van der Waals surface area contributed by atoms with Crippen molar-refractivity contribution in [1.82, 2.24) is 4.90 Å². The van der Waals surface area contributed by atoms with E-state index in [0.717, 1.165) is 16.7 Å². The highest BCUT2D eigenvalue weighted by Gasteiger charge is 2.34. The second-order valence-corrected chi connectivity index (χ2v) is 8.10. The number of hydrogen-bond acceptors (Lipinski definition) is 6. The molecule has 0 saturated carbocycles. The molecule has 176 valence electrons. The Kier molecular flexibility index (Phi) is 6.67. The van der Waals surface area contributed by atoms with Crippen LogP contribution >= 0.6 is 0 Å². The van der Waals surface area contributed by atoms with Crippen LogP contribution in [0.2, 0.25) is 0 Å². The van der Waals surface area contributed by atoms with Gasteiger partial charge in [-0.25, -0.2) is 0 Å². The molecule has 1 amide bonds. The molecular formula is C26H26N2O6. The lowest BCUT2D eigenvalue weighted by molar-refractivity contribution is -0.384. The van der Waals surface area contributed by atoms with Gasteiger partial charge in [0, 0.05) is 18.7 Å². The smallest absolute Gasteiger partial charge is 0.269 e. The Balaban J connectivity index is 1.72. The van der Waals surface area contributed by atoms with Crippen molar-refractivity contribution in [2.45, 2.75) is 19.4 Å². The number of non-ortho nitro benzene ring substituents is 1. The maximum atomic E-state index is 13.3. The number of nitro groups is 1. The zero-order valence-electron chi connectivity index (χ0n) is 19.3. The SMILES string of the molecule is COc1cc2c(cc1OC)[C@H](c1cccc([N+](=O)[O-])c1)N(C(=O)COc1ccc(C)cc1)CC2. The van der Waals surface area contributed by atoms with Crippen molar-refractivity contribution in [3.8, 4) is 17.2 Å². The molecule has 8 nitrogen and oxygen atoms in total. The third-order valence-corrected chi connectivity index (χ3v) is 5.97. The number of methoxy groups -OCH3 is 2. The Labute approximate surface area is 197 Å². The highest BCUT2D eigenvalue weighted by molar-refractivity contribution is 5.79. The minimum atomic E-state index is -0.530. The number of hydrogen-bond donors (Lipinski definition) is 0. The molecule has 0 saturated heterocycles. The van der Waals surface area contributed by atoms with Gasteiger partial charge < -0.3 is 19.1 Å². The molecule has 3 aromatic rings. The largest absolute Gasteiger partial charge is 0.493 e. The lowest BCUT2D eigenvalue weighted by Crippen LogP contribution is -2.43. The summed E-state index contributed by atoms with van der Waals surface area (Å²) in [6.45, 7) is 2.27. The third kappa shape index (κ3) is 4.66. The summed E-state index contributed by atoms with van der Waals surface area (Å²) in [5.41, 5.74) is 3.55. The number of ether oxygens (including phenoxy) is 3. The van der Waals surface area contributed by atoms with E-state index < -0.39 is 11.0 Å². The van der Waals surface area contributed by atoms with Gasteiger partial charge >= 0.3 is 0 Å². The van der Waals surface area contributed by atoms with Crippen LogP contribution in [0.15, 0.2) is 60.7 Å². The second kappa shape index (κ2) is 9.82. The van der Waals surface area contributed by atoms with Crippen molar-refractivity contribution >= 4 is 11.6 Å². The van der Waals surface area contributed by atoms with E-state index in [2.05, 4.69) is 0 Å². The first-order valence-electron chi connectivity index (χ1n) is 10.9. The molecule has 0 aromatic heterocycles. The Morgan fingerprint density at radius 1 is 1.06 bits per heavy atom. The predicted octanol–water partition coefficient (Wildman–Crippen LogP) is 4.47. The lowest BCUT2D eigenvalue weighted by Gasteiger charge is -2.38. The van der Waals surface area contributed by atoms with Crippen molar-refractivity contribution in [3.05, 3.63) is 93.0 Å². The number of nitrogens with zero attached hydrogens (tertiary/aromatic N) is 2. The fourth-order valence-corrected chi connectivity index (χ4v) is 4.24. The van der Waals surface area contributed by atoms with E-state index in [0.29, 0.717) is 35.8 Å². The average molecular weight is 463 g/mol. The molecular weight excluding hydrogens is 436 g/mol. The maximum absolute atomic E-state index is 13.3. The first-order chi connectivity index (χ1) is 16.4. The number of amides is 1. The molecule has 0 bridgehead atoms. The molecule has 1 heterocycles. The number of carbonyl (C=O) groups excluding carboxylic acids is 1. The van der Waals surface area contributed by atoms with E-state index in [1.807, 2.05) is 43.3 Å². The molecule has 34 heavy (non-hydrogen) atoms. The van der Waals surface area contributed by atoms with E-state index in [1.54, 1.807) is 31.3 Å². The fraction of sp³-hybridized carbons (Fsp3) is 0.269. The molecule has 1 aliphatic heterocycles. The molecule has 0 spiro atoms. The number of carbonyl (C=O) groups is 1. The van der Waals surface area contributed by atoms with Crippen LogP contribution in [0.5, 0.6) is 17.2 Å². The highest BCUT2D eigenvalue weighted by atomic mass is 16.6. The molecule has 8 heteroatoms. The van der Waals surface area contributed by atoms with Gasteiger partial charge in [-0.3, -0.25) is 14.9 Å². The number of benzene rings is 3. The van der Waals surface area contributed by atoms with Gasteiger partial charge in [0.05, 0.1) is 25.2 Å². The average Bonchev–Trinajstić information content (AvgIpc) is 2.86. The van der Waals surface area contributed by atoms with E-state index in [4.69, 9.17) is 14.2 Å². The van der Waals surface area contributed by atoms with Gasteiger partial charge in [-0.2, -0.15) is 0 Å². The first-order valence-corrected chi connectivity index (χ1v) is 10.9. The minimum Gasteiger partial charge on any atom is -0.493 e. The monoisotopic (exact) mass is 462 g/mol. The van der Waals surface area contributed by atoms with Gasteiger partial charge in [0.15, 0.2) is 18.1 Å². The van der Waals surface area contributed by atoms with Crippen LogP contribution in [0.1, 0.15) is 28.3 Å². The highest BCUT2D eigenvalue weighted by Crippen LogP contribution is 2.41. The molecule has 0 radical (unpaired) electrons. The summed E-state index contributed by atoms with van der Waals surface area (Å²) in [4.78, 5) is 26.0. The van der Waals surface area contributed by atoms with Crippen molar-refractivity contribution in [1.29, 1.82) is 0 Å². The summed E-state index contributed by atoms with van der Waals surface area (Å²) in [5.74, 6) is 1.52. The van der Waals surface area contributed by atoms with Gasteiger partial charge in [0.2, 0.25) is 0 Å². The van der Waals surface area contributed by atoms with E-state index in [1.165, 1.54) is 12.1 Å². The first kappa shape index (κ1) is 23.1. The molecule has 0 N–H and O–H groups in total. The van der Waals surface area contributed by atoms with E-state index >= 15 is 0 Å². The standard InChI is InChI=1S/C26H26N2O6/c1-17-7-9-21(10-8-17)34-16-25(29)27-12-11-18-14-23(32-2)24(33-3)15-22(18)26(27)19-5-4-6-20(13-19)28(30)31/h4-10,13-15,26H,11-12,16H2,1-3H3/t26-/m0/s1. The van der Waals surface area contributed by atoms with Crippen LogP contribution in [0.25, 0.3) is 0 Å². The summed E-state index contributed by atoms with van der Waals surface area (Å²) in [6.07, 6.45) is 0.609. The van der Waals surface area contributed by atoms with E-state index in [-0.39, 0.29) is 18.2 Å². The van der Waals surface area contributed by atoms with Crippen molar-refractivity contribution in [2.75, 3.05) is 27.4 Å². The number of fused-ring (bicyclic) bond motifs is 1. The fourth-order valence-electron chi connectivity index (χ4n) is 4.24. The zero-order valence-corrected chi connectivity index (χ0v) is 19.3. The van der Waals surface area contributed by atoms with Crippen LogP contribution in [0.4, 0.5) is 5.69 Å². The summed E-state index contributed by atoms with van der Waals surface area (Å²) in [5, 5.41) is 11.4. The Morgan fingerprint density at radius 2 is 1.76 bits per heavy atom. The molecule has 0 fully saturated rings. The molecule has 1 atom stereocenters. The zero-order chi connectivity index (χ0) is 24.2. The number of aryl methyl sites for hydroxylation is 1. The van der Waals surface area contributed by atoms with Crippen LogP contribution in [0.3, 0.4) is 0 Å². The van der Waals surface area contributed by atoms with Crippen LogP contribution in [0, 0.1) is 17.0 Å². The Bertz CT molecular complexity index is 1210. The van der Waals surface area contributed by atoms with Crippen molar-refractivity contribution in [2.24, 2.45) is 0 Å². The van der Waals surface area contributed by atoms with Crippen molar-refractivity contribution in [3.63, 3.8) is 0 Å². The lowest BCUT2D eigenvalue weighted by atomic mass is 9.87. The number of nitro benzene ring substituents is 1. The van der Waals surface area contributed by atoms with Gasteiger partial charge in [0.1, 0.15) is 5.75 Å². The molecule has 0 unspecified atom stereocenters. The summed E-state index contributed by atoms with van der Waals surface area (Å²) >= 11 is 0. The van der Waals surface area contributed by atoms with Gasteiger partial charge in [-0.15, -0.1) is 0 Å². The van der Waals surface area contributed by atoms with Gasteiger partial charge in [-0.05, 0) is 54.3 Å². The van der Waals surface area contributed by atoms with Gasteiger partial charge in [-0.1, -0.05) is 29.8 Å². The molecule has 4 rings (SSSR count). The third-order valence-electron chi connectivity index (χ3n) is 5.97. The Hall–Kier alpha value is -4.07. The second-order valence-electron chi connectivity index (χ2n) is 8.10. The van der Waals surface area contributed by atoms with Crippen LogP contribution in [-0.2, 0) is 11.2 Å².